The van der Waals surface area contributed by atoms with Gasteiger partial charge in [0.25, 0.3) is 0 Å². The van der Waals surface area contributed by atoms with Crippen LogP contribution in [0.15, 0.2) is 59.7 Å². The first-order valence-corrected chi connectivity index (χ1v) is 10.7. The Balaban J connectivity index is 1.81. The number of carbonyl (C=O) groups excluding carboxylic acids is 1. The van der Waals surface area contributed by atoms with Crippen LogP contribution in [0, 0.1) is 0 Å². The Morgan fingerprint density at radius 2 is 0.966 bits per heavy atom. The lowest BCUT2D eigenvalue weighted by Gasteiger charge is -2.20. The van der Waals surface area contributed by atoms with Crippen molar-refractivity contribution < 1.29 is 4.79 Å². The molecule has 1 fully saturated rings. The number of benzene rings is 2. The highest BCUT2D eigenvalue weighted by Gasteiger charge is 2.21. The Morgan fingerprint density at radius 1 is 0.621 bits per heavy atom. The molecule has 3 rings (SSSR count). The second kappa shape index (κ2) is 8.14. The smallest absolute Gasteiger partial charge is 0.185 e. The topological polar surface area (TPSA) is 17.1 Å². The van der Waals surface area contributed by atoms with Gasteiger partial charge in [-0.05, 0) is 64.5 Å². The summed E-state index contributed by atoms with van der Waals surface area (Å²) in [6, 6.07) is 17.2. The Kier molecular flexibility index (Phi) is 5.98. The summed E-state index contributed by atoms with van der Waals surface area (Å²) in [5.41, 5.74) is 6.99. The first-order valence-electron chi connectivity index (χ1n) is 10.7. The van der Waals surface area contributed by atoms with Crippen LogP contribution in [0.3, 0.4) is 0 Å². The van der Waals surface area contributed by atoms with E-state index in [9.17, 15) is 4.79 Å². The van der Waals surface area contributed by atoms with Crippen molar-refractivity contribution in [3.05, 3.63) is 81.9 Å². The van der Waals surface area contributed by atoms with Gasteiger partial charge in [0.2, 0.25) is 0 Å². The Labute approximate surface area is 176 Å². The van der Waals surface area contributed by atoms with E-state index in [-0.39, 0.29) is 16.6 Å². The minimum Gasteiger partial charge on any atom is -0.289 e. The van der Waals surface area contributed by atoms with Crippen molar-refractivity contribution in [3.8, 4) is 0 Å². The number of Topliss-reactive ketones (excluding diaryl/α,β-unsaturated/α-hetero) is 1. The number of allylic oxidation sites excluding steroid dienone is 2. The third kappa shape index (κ3) is 5.35. The number of carbonyl (C=O) groups is 1. The van der Waals surface area contributed by atoms with Crippen LogP contribution in [-0.2, 0) is 15.6 Å². The van der Waals surface area contributed by atoms with Crippen LogP contribution in [0.25, 0.3) is 12.2 Å². The lowest BCUT2D eigenvalue weighted by atomic mass is 9.84. The monoisotopic (exact) mass is 386 g/mol. The molecule has 0 aromatic heterocycles. The average Bonchev–Trinajstić information content (AvgIpc) is 2.64. The van der Waals surface area contributed by atoms with Crippen molar-refractivity contribution in [2.45, 2.75) is 71.6 Å². The normalized spacial score (nSPS) is 18.5. The third-order valence-electron chi connectivity index (χ3n) is 5.71. The van der Waals surface area contributed by atoms with Gasteiger partial charge in [-0.15, -0.1) is 0 Å². The summed E-state index contributed by atoms with van der Waals surface area (Å²) in [5, 5.41) is 0. The molecule has 2 aromatic rings. The summed E-state index contributed by atoms with van der Waals surface area (Å²) in [4.78, 5) is 13.1. The highest BCUT2D eigenvalue weighted by atomic mass is 16.1. The van der Waals surface area contributed by atoms with Gasteiger partial charge in [0, 0.05) is 11.1 Å². The molecule has 1 aliphatic carbocycles. The zero-order chi connectivity index (χ0) is 21.2. The molecule has 0 bridgehead atoms. The zero-order valence-electron chi connectivity index (χ0n) is 18.8. The van der Waals surface area contributed by atoms with Gasteiger partial charge in [-0.2, -0.15) is 0 Å². The maximum Gasteiger partial charge on any atom is 0.185 e. The summed E-state index contributed by atoms with van der Waals surface area (Å²) < 4.78 is 0. The predicted octanol–water partition coefficient (Wildman–Crippen LogP) is 7.50. The lowest BCUT2D eigenvalue weighted by molar-refractivity contribution is -0.112. The van der Waals surface area contributed by atoms with Crippen molar-refractivity contribution in [1.29, 1.82) is 0 Å². The molecule has 29 heavy (non-hydrogen) atoms. The first-order chi connectivity index (χ1) is 13.5. The van der Waals surface area contributed by atoms with E-state index in [1.54, 1.807) is 0 Å². The molecule has 0 amide bonds. The summed E-state index contributed by atoms with van der Waals surface area (Å²) in [6.45, 7) is 13.3. The van der Waals surface area contributed by atoms with E-state index in [1.165, 1.54) is 11.1 Å². The molecule has 1 heteroatoms. The van der Waals surface area contributed by atoms with Crippen molar-refractivity contribution in [2.24, 2.45) is 0 Å². The van der Waals surface area contributed by atoms with Crippen LogP contribution < -0.4 is 0 Å². The standard InChI is InChI=1S/C28H34O/c1-27(2,3)24-14-10-20(11-15-24)18-22-8-7-9-23(26(22)29)19-21-12-16-25(17-13-21)28(4,5)6/h10-19H,7-9H2,1-6H3/b22-18-,23-19+. The molecule has 0 unspecified atom stereocenters. The summed E-state index contributed by atoms with van der Waals surface area (Å²) >= 11 is 0. The molecule has 1 nitrogen and oxygen atoms in total. The zero-order valence-corrected chi connectivity index (χ0v) is 18.8. The van der Waals surface area contributed by atoms with Crippen molar-refractivity contribution in [1.82, 2.24) is 0 Å². The number of hydrogen-bond acceptors (Lipinski definition) is 1. The molecular formula is C28H34O. The third-order valence-corrected chi connectivity index (χ3v) is 5.71. The number of ketones is 1. The molecule has 1 saturated carbocycles. The molecule has 1 aliphatic rings. The van der Waals surface area contributed by atoms with Gasteiger partial charge in [-0.1, -0.05) is 90.1 Å². The van der Waals surface area contributed by atoms with Crippen LogP contribution >= 0.6 is 0 Å². The first kappa shape index (κ1) is 21.3. The lowest BCUT2D eigenvalue weighted by Crippen LogP contribution is -2.13. The largest absolute Gasteiger partial charge is 0.289 e. The van der Waals surface area contributed by atoms with Gasteiger partial charge >= 0.3 is 0 Å². The molecule has 0 aliphatic heterocycles. The number of rotatable bonds is 2. The van der Waals surface area contributed by atoms with Crippen molar-refractivity contribution in [3.63, 3.8) is 0 Å². The highest BCUT2D eigenvalue weighted by Crippen LogP contribution is 2.30. The molecule has 0 saturated heterocycles. The van der Waals surface area contributed by atoms with Gasteiger partial charge in [-0.25, -0.2) is 0 Å². The maximum absolute atomic E-state index is 13.1. The van der Waals surface area contributed by atoms with Gasteiger partial charge < -0.3 is 0 Å². The Morgan fingerprint density at radius 3 is 1.28 bits per heavy atom. The van der Waals surface area contributed by atoms with Crippen LogP contribution in [0.4, 0.5) is 0 Å². The SMILES string of the molecule is CC(C)(C)c1ccc(/C=C2/CCC/C(=C\c3ccc(C(C)(C)C)cc3)C2=O)cc1. The van der Waals surface area contributed by atoms with E-state index in [1.807, 2.05) is 0 Å². The van der Waals surface area contributed by atoms with Gasteiger partial charge in [-0.3, -0.25) is 4.79 Å². The number of hydrogen-bond donors (Lipinski definition) is 0. The summed E-state index contributed by atoms with van der Waals surface area (Å²) in [7, 11) is 0. The highest BCUT2D eigenvalue weighted by molar-refractivity contribution is 6.13. The van der Waals surface area contributed by atoms with E-state index >= 15 is 0 Å². The van der Waals surface area contributed by atoms with Crippen LogP contribution in [0.1, 0.15) is 83.1 Å². The molecule has 2 aromatic carbocycles. The Hall–Kier alpha value is -2.41. The van der Waals surface area contributed by atoms with Gasteiger partial charge in [0.15, 0.2) is 5.78 Å². The molecule has 0 heterocycles. The molecule has 0 spiro atoms. The van der Waals surface area contributed by atoms with Crippen molar-refractivity contribution in [2.75, 3.05) is 0 Å². The molecule has 0 radical (unpaired) electrons. The summed E-state index contributed by atoms with van der Waals surface area (Å²) in [6.07, 6.45) is 6.90. The summed E-state index contributed by atoms with van der Waals surface area (Å²) in [5.74, 6) is 0.205. The van der Waals surface area contributed by atoms with Gasteiger partial charge in [0.1, 0.15) is 0 Å². The fraction of sp³-hybridized carbons (Fsp3) is 0.393. The van der Waals surface area contributed by atoms with Gasteiger partial charge in [0.05, 0.1) is 0 Å². The van der Waals surface area contributed by atoms with Crippen LogP contribution in [0.5, 0.6) is 0 Å². The van der Waals surface area contributed by atoms with E-state index < -0.39 is 0 Å². The fourth-order valence-corrected chi connectivity index (χ4v) is 3.74. The molecule has 0 N–H and O–H groups in total. The Bertz CT molecular complexity index is 846. The minimum atomic E-state index is 0.144. The fourth-order valence-electron chi connectivity index (χ4n) is 3.74. The quantitative estimate of drug-likeness (QED) is 0.488. The van der Waals surface area contributed by atoms with E-state index in [0.717, 1.165) is 41.5 Å². The van der Waals surface area contributed by atoms with Crippen LogP contribution in [0.2, 0.25) is 0 Å². The van der Waals surface area contributed by atoms with E-state index in [2.05, 4.69) is 102 Å². The van der Waals surface area contributed by atoms with Crippen LogP contribution in [-0.4, -0.2) is 5.78 Å². The van der Waals surface area contributed by atoms with Crippen molar-refractivity contribution >= 4 is 17.9 Å². The average molecular weight is 387 g/mol. The van der Waals surface area contributed by atoms with E-state index in [4.69, 9.17) is 0 Å². The maximum atomic E-state index is 13.1. The second-order valence-corrected chi connectivity index (χ2v) is 10.3. The molecule has 152 valence electrons. The predicted molar refractivity (Wildman–Crippen MR) is 125 cm³/mol. The minimum absolute atomic E-state index is 0.144. The molecular weight excluding hydrogens is 352 g/mol. The second-order valence-electron chi connectivity index (χ2n) is 10.3. The molecule has 0 atom stereocenters. The van der Waals surface area contributed by atoms with E-state index in [0.29, 0.717) is 0 Å².